The minimum absolute atomic E-state index is 0.103. The molecule has 0 fully saturated rings. The summed E-state index contributed by atoms with van der Waals surface area (Å²) in [6, 6.07) is 14.6. The van der Waals surface area contributed by atoms with Gasteiger partial charge in [-0.15, -0.1) is 0 Å². The molecule has 3 aromatic rings. The Morgan fingerprint density at radius 2 is 1.88 bits per heavy atom. The van der Waals surface area contributed by atoms with Gasteiger partial charge in [0.15, 0.2) is 0 Å². The van der Waals surface area contributed by atoms with E-state index >= 15 is 0 Å². The van der Waals surface area contributed by atoms with Crippen molar-refractivity contribution in [2.45, 2.75) is 30.7 Å². The molecule has 2 aromatic carbocycles. The number of aryl methyl sites for hydroxylation is 2. The molecule has 0 saturated heterocycles. The highest BCUT2D eigenvalue weighted by molar-refractivity contribution is 7.89. The molecule has 1 atom stereocenters. The van der Waals surface area contributed by atoms with Crippen molar-refractivity contribution in [1.82, 2.24) is 9.29 Å². The topological polar surface area (TPSA) is 68.2 Å². The number of aromatic nitrogens is 1. The van der Waals surface area contributed by atoms with Crippen molar-refractivity contribution in [2.75, 3.05) is 0 Å². The normalized spacial score (nSPS) is 13.2. The number of hydrogen-bond donors (Lipinski definition) is 1. The lowest BCUT2D eigenvalue weighted by atomic mass is 10.1. The molecule has 0 aliphatic heterocycles. The van der Waals surface area contributed by atoms with E-state index in [1.54, 1.807) is 25.2 Å². The first-order valence-electron chi connectivity index (χ1n) is 8.02. The first kappa shape index (κ1) is 17.8. The van der Waals surface area contributed by atoms with E-state index in [2.05, 4.69) is 4.72 Å². The molecule has 0 saturated carbocycles. The van der Waals surface area contributed by atoms with Gasteiger partial charge in [0.2, 0.25) is 10.0 Å². The van der Waals surface area contributed by atoms with Crippen LogP contribution in [0.1, 0.15) is 18.9 Å². The fourth-order valence-electron chi connectivity index (χ4n) is 2.70. The summed E-state index contributed by atoms with van der Waals surface area (Å²) in [7, 11) is -1.93. The molecule has 0 amide bonds. The van der Waals surface area contributed by atoms with Crippen LogP contribution in [0.25, 0.3) is 10.2 Å². The van der Waals surface area contributed by atoms with E-state index in [1.807, 2.05) is 37.3 Å². The molecule has 0 bridgehead atoms. The Kier molecular flexibility index (Phi) is 5.08. The maximum absolute atomic E-state index is 12.6. The molecular formula is C18H20N2O3S2. The van der Waals surface area contributed by atoms with Gasteiger partial charge in [0, 0.05) is 13.1 Å². The molecule has 0 aliphatic rings. The molecule has 1 unspecified atom stereocenters. The van der Waals surface area contributed by atoms with Gasteiger partial charge in [0.25, 0.3) is 0 Å². The third-order valence-corrected chi connectivity index (χ3v) is 6.72. The fourth-order valence-corrected chi connectivity index (χ4v) is 5.00. The first-order valence-corrected chi connectivity index (χ1v) is 10.3. The zero-order valence-corrected chi connectivity index (χ0v) is 15.7. The average molecular weight is 377 g/mol. The number of nitrogens with zero attached hydrogens (tertiary/aromatic N) is 1. The zero-order chi connectivity index (χ0) is 18.0. The molecule has 25 heavy (non-hydrogen) atoms. The predicted octanol–water partition coefficient (Wildman–Crippen LogP) is 2.90. The molecule has 1 N–H and O–H groups in total. The van der Waals surface area contributed by atoms with Crippen molar-refractivity contribution in [3.63, 3.8) is 0 Å². The number of nitrogens with one attached hydrogen (secondary N) is 1. The van der Waals surface area contributed by atoms with Crippen LogP contribution >= 0.6 is 11.3 Å². The largest absolute Gasteiger partial charge is 0.307 e. The summed E-state index contributed by atoms with van der Waals surface area (Å²) in [6.45, 7) is 1.86. The van der Waals surface area contributed by atoms with Crippen molar-refractivity contribution in [2.24, 2.45) is 7.05 Å². The lowest BCUT2D eigenvalue weighted by molar-refractivity contribution is 0.547. The molecule has 5 nitrogen and oxygen atoms in total. The number of thiazole rings is 1. The predicted molar refractivity (Wildman–Crippen MR) is 102 cm³/mol. The molecule has 3 rings (SSSR count). The Bertz CT molecular complexity index is 1040. The van der Waals surface area contributed by atoms with Gasteiger partial charge in [-0.05, 0) is 43.5 Å². The molecule has 7 heteroatoms. The van der Waals surface area contributed by atoms with Crippen LogP contribution in [0.5, 0.6) is 0 Å². The van der Waals surface area contributed by atoms with Crippen LogP contribution < -0.4 is 9.60 Å². The van der Waals surface area contributed by atoms with Gasteiger partial charge in [0.1, 0.15) is 0 Å². The maximum Gasteiger partial charge on any atom is 0.307 e. The minimum atomic E-state index is -3.61. The number of rotatable bonds is 6. The van der Waals surface area contributed by atoms with E-state index in [9.17, 15) is 13.2 Å². The summed E-state index contributed by atoms with van der Waals surface area (Å²) in [4.78, 5) is 11.8. The first-order chi connectivity index (χ1) is 11.9. The second-order valence-corrected chi connectivity index (χ2v) is 8.81. The van der Waals surface area contributed by atoms with Crippen LogP contribution in [-0.2, 0) is 23.5 Å². The van der Waals surface area contributed by atoms with E-state index in [1.165, 1.54) is 10.1 Å². The summed E-state index contributed by atoms with van der Waals surface area (Å²) < 4.78 is 30.1. The number of fused-ring (bicyclic) bond motifs is 1. The standard InChI is InChI=1S/C18H20N2O3S2/c1-13(8-9-14-6-4-3-5-7-14)19-25(22,23)15-10-11-16-17(12-15)24-18(21)20(16)2/h3-7,10-13,19H,8-9H2,1-2H3. The number of benzene rings is 2. The number of hydrogen-bond acceptors (Lipinski definition) is 4. The van der Waals surface area contributed by atoms with Gasteiger partial charge in [0.05, 0.1) is 15.1 Å². The summed E-state index contributed by atoms with van der Waals surface area (Å²) in [5.74, 6) is 0. The molecule has 0 radical (unpaired) electrons. The van der Waals surface area contributed by atoms with Crippen LogP contribution in [0.3, 0.4) is 0 Å². The maximum atomic E-state index is 12.6. The smallest absolute Gasteiger partial charge is 0.302 e. The molecule has 0 spiro atoms. The summed E-state index contributed by atoms with van der Waals surface area (Å²) in [5.41, 5.74) is 1.93. The quantitative estimate of drug-likeness (QED) is 0.719. The van der Waals surface area contributed by atoms with Gasteiger partial charge in [-0.2, -0.15) is 0 Å². The van der Waals surface area contributed by atoms with Crippen molar-refractivity contribution < 1.29 is 8.42 Å². The minimum Gasteiger partial charge on any atom is -0.302 e. The van der Waals surface area contributed by atoms with Crippen LogP contribution in [0, 0.1) is 0 Å². The fraction of sp³-hybridized carbons (Fsp3) is 0.278. The van der Waals surface area contributed by atoms with Crippen molar-refractivity contribution >= 4 is 31.6 Å². The van der Waals surface area contributed by atoms with Gasteiger partial charge >= 0.3 is 4.87 Å². The molecule has 132 valence electrons. The second-order valence-electron chi connectivity index (χ2n) is 6.10. The Morgan fingerprint density at radius 3 is 2.60 bits per heavy atom. The molecular weight excluding hydrogens is 356 g/mol. The third kappa shape index (κ3) is 4.00. The lowest BCUT2D eigenvalue weighted by Crippen LogP contribution is -2.32. The van der Waals surface area contributed by atoms with Crippen LogP contribution in [0.2, 0.25) is 0 Å². The van der Waals surface area contributed by atoms with E-state index < -0.39 is 10.0 Å². The highest BCUT2D eigenvalue weighted by atomic mass is 32.2. The van der Waals surface area contributed by atoms with Gasteiger partial charge in [-0.1, -0.05) is 41.7 Å². The van der Waals surface area contributed by atoms with E-state index in [-0.39, 0.29) is 15.8 Å². The van der Waals surface area contributed by atoms with Gasteiger partial charge in [-0.25, -0.2) is 13.1 Å². The summed E-state index contributed by atoms with van der Waals surface area (Å²) in [6.07, 6.45) is 1.52. The Balaban J connectivity index is 1.73. The zero-order valence-electron chi connectivity index (χ0n) is 14.1. The monoisotopic (exact) mass is 376 g/mol. The van der Waals surface area contributed by atoms with Gasteiger partial charge < -0.3 is 4.57 Å². The van der Waals surface area contributed by atoms with Crippen molar-refractivity contribution in [3.8, 4) is 0 Å². The Labute approximate surface area is 151 Å². The van der Waals surface area contributed by atoms with E-state index in [0.29, 0.717) is 11.1 Å². The SMILES string of the molecule is CC(CCc1ccccc1)NS(=O)(=O)c1ccc2c(c1)sc(=O)n2C. The molecule has 1 heterocycles. The van der Waals surface area contributed by atoms with Crippen LogP contribution in [-0.4, -0.2) is 19.0 Å². The Morgan fingerprint density at radius 1 is 1.16 bits per heavy atom. The highest BCUT2D eigenvalue weighted by Crippen LogP contribution is 2.21. The summed E-state index contributed by atoms with van der Waals surface area (Å²) in [5, 5.41) is 0. The summed E-state index contributed by atoms with van der Waals surface area (Å²) >= 11 is 1.05. The van der Waals surface area contributed by atoms with Crippen LogP contribution in [0.4, 0.5) is 0 Å². The average Bonchev–Trinajstić information content (AvgIpc) is 2.87. The lowest BCUT2D eigenvalue weighted by Gasteiger charge is -2.14. The van der Waals surface area contributed by atoms with Gasteiger partial charge in [-0.3, -0.25) is 4.79 Å². The highest BCUT2D eigenvalue weighted by Gasteiger charge is 2.18. The second kappa shape index (κ2) is 7.11. The van der Waals surface area contributed by atoms with Crippen LogP contribution in [0.15, 0.2) is 58.2 Å². The van der Waals surface area contributed by atoms with Crippen molar-refractivity contribution in [1.29, 1.82) is 0 Å². The Hall–Kier alpha value is -1.96. The molecule has 1 aromatic heterocycles. The van der Waals surface area contributed by atoms with Crippen molar-refractivity contribution in [3.05, 3.63) is 63.8 Å². The third-order valence-electron chi connectivity index (χ3n) is 4.14. The van der Waals surface area contributed by atoms with E-state index in [4.69, 9.17) is 0 Å². The molecule has 0 aliphatic carbocycles. The number of sulfonamides is 1. The van der Waals surface area contributed by atoms with E-state index in [0.717, 1.165) is 23.3 Å².